The molecule has 102 valence electrons. The third-order valence-corrected chi connectivity index (χ3v) is 3.40. The maximum Gasteiger partial charge on any atom is 0.165 e. The second-order valence-corrected chi connectivity index (χ2v) is 5.08. The lowest BCUT2D eigenvalue weighted by Crippen LogP contribution is -2.10. The van der Waals surface area contributed by atoms with Crippen molar-refractivity contribution < 1.29 is 9.47 Å². The lowest BCUT2D eigenvalue weighted by Gasteiger charge is -2.17. The van der Waals surface area contributed by atoms with Gasteiger partial charge in [0.2, 0.25) is 0 Å². The lowest BCUT2D eigenvalue weighted by atomic mass is 10.1. The normalized spacial score (nSPS) is 12.2. The van der Waals surface area contributed by atoms with Gasteiger partial charge in [0, 0.05) is 10.9 Å². The molecular weight excluding hydrogens is 292 g/mol. The highest BCUT2D eigenvalue weighted by Crippen LogP contribution is 2.33. The third-order valence-electron chi connectivity index (χ3n) is 2.80. The van der Waals surface area contributed by atoms with Crippen LogP contribution in [0, 0.1) is 5.92 Å². The van der Waals surface area contributed by atoms with Crippen molar-refractivity contribution in [2.75, 3.05) is 13.2 Å². The smallest absolute Gasteiger partial charge is 0.165 e. The molecule has 0 heterocycles. The number of para-hydroxylation sites is 1. The first-order chi connectivity index (χ1) is 8.72. The number of rotatable bonds is 8. The van der Waals surface area contributed by atoms with Crippen LogP contribution in [0.25, 0.3) is 0 Å². The number of alkyl halides is 1. The molecule has 0 aliphatic carbocycles. The van der Waals surface area contributed by atoms with E-state index in [1.54, 1.807) is 0 Å². The minimum absolute atomic E-state index is 0.577. The van der Waals surface area contributed by atoms with E-state index >= 15 is 0 Å². The molecule has 0 bridgehead atoms. The molecule has 0 aliphatic rings. The molecule has 0 radical (unpaired) electrons. The van der Waals surface area contributed by atoms with E-state index in [9.17, 15) is 0 Å². The Bertz CT molecular complexity index is 352. The Balaban J connectivity index is 2.77. The molecule has 0 aromatic heterocycles. The Morgan fingerprint density at radius 3 is 2.61 bits per heavy atom. The van der Waals surface area contributed by atoms with Gasteiger partial charge in [0.25, 0.3) is 0 Å². The Morgan fingerprint density at radius 2 is 2.00 bits per heavy atom. The van der Waals surface area contributed by atoms with E-state index in [4.69, 9.17) is 9.47 Å². The molecule has 0 aliphatic heterocycles. The van der Waals surface area contributed by atoms with Gasteiger partial charge in [0.1, 0.15) is 0 Å². The number of benzene rings is 1. The van der Waals surface area contributed by atoms with E-state index in [-0.39, 0.29) is 0 Å². The molecule has 18 heavy (non-hydrogen) atoms. The first kappa shape index (κ1) is 15.4. The van der Waals surface area contributed by atoms with Crippen molar-refractivity contribution in [3.05, 3.63) is 23.8 Å². The fourth-order valence-electron chi connectivity index (χ4n) is 1.90. The Morgan fingerprint density at radius 1 is 1.22 bits per heavy atom. The molecule has 0 saturated heterocycles. The van der Waals surface area contributed by atoms with Gasteiger partial charge in [0.15, 0.2) is 11.5 Å². The fourth-order valence-corrected chi connectivity index (χ4v) is 2.34. The number of halogens is 1. The topological polar surface area (TPSA) is 18.5 Å². The van der Waals surface area contributed by atoms with Gasteiger partial charge in [-0.15, -0.1) is 0 Å². The van der Waals surface area contributed by atoms with Crippen LogP contribution in [-0.4, -0.2) is 13.2 Å². The summed E-state index contributed by atoms with van der Waals surface area (Å²) in [4.78, 5) is 0. The van der Waals surface area contributed by atoms with Gasteiger partial charge in [-0.2, -0.15) is 0 Å². The molecule has 1 unspecified atom stereocenters. The predicted molar refractivity (Wildman–Crippen MR) is 79.8 cm³/mol. The Hall–Kier alpha value is -0.700. The van der Waals surface area contributed by atoms with Gasteiger partial charge < -0.3 is 9.47 Å². The molecule has 0 saturated carbocycles. The summed E-state index contributed by atoms with van der Waals surface area (Å²) >= 11 is 3.50. The van der Waals surface area contributed by atoms with Crippen LogP contribution in [0.15, 0.2) is 18.2 Å². The first-order valence-corrected chi connectivity index (χ1v) is 7.78. The van der Waals surface area contributed by atoms with Crippen LogP contribution in [0.3, 0.4) is 0 Å². The van der Waals surface area contributed by atoms with E-state index < -0.39 is 0 Å². The number of ether oxygens (including phenoxy) is 2. The van der Waals surface area contributed by atoms with Crippen LogP contribution in [0.1, 0.15) is 39.2 Å². The van der Waals surface area contributed by atoms with Gasteiger partial charge >= 0.3 is 0 Å². The van der Waals surface area contributed by atoms with Crippen LogP contribution in [0.2, 0.25) is 0 Å². The minimum Gasteiger partial charge on any atom is -0.490 e. The number of hydrogen-bond donors (Lipinski definition) is 0. The van der Waals surface area contributed by atoms with Crippen molar-refractivity contribution in [2.45, 2.75) is 38.9 Å². The van der Waals surface area contributed by atoms with Crippen molar-refractivity contribution in [3.63, 3.8) is 0 Å². The summed E-state index contributed by atoms with van der Waals surface area (Å²) in [6.07, 6.45) is 2.39. The van der Waals surface area contributed by atoms with Gasteiger partial charge in [-0.05, 0) is 25.3 Å². The Labute approximate surface area is 119 Å². The molecule has 1 rings (SSSR count). The van der Waals surface area contributed by atoms with Crippen molar-refractivity contribution in [1.29, 1.82) is 0 Å². The van der Waals surface area contributed by atoms with Crippen LogP contribution >= 0.6 is 15.9 Å². The van der Waals surface area contributed by atoms with E-state index in [1.165, 1.54) is 12.8 Å². The lowest BCUT2D eigenvalue weighted by molar-refractivity contribution is 0.232. The van der Waals surface area contributed by atoms with Gasteiger partial charge in [0.05, 0.1) is 13.2 Å². The summed E-state index contributed by atoms with van der Waals surface area (Å²) < 4.78 is 11.6. The van der Waals surface area contributed by atoms with E-state index in [0.29, 0.717) is 12.5 Å². The van der Waals surface area contributed by atoms with E-state index in [1.807, 2.05) is 19.1 Å². The van der Waals surface area contributed by atoms with Crippen molar-refractivity contribution in [1.82, 2.24) is 0 Å². The van der Waals surface area contributed by atoms with Crippen molar-refractivity contribution in [2.24, 2.45) is 5.92 Å². The zero-order valence-electron chi connectivity index (χ0n) is 11.5. The highest BCUT2D eigenvalue weighted by Gasteiger charge is 2.11. The minimum atomic E-state index is 0.577. The van der Waals surface area contributed by atoms with Crippen LogP contribution in [0.5, 0.6) is 11.5 Å². The summed E-state index contributed by atoms with van der Waals surface area (Å²) in [6.45, 7) is 7.82. The molecule has 0 amide bonds. The van der Waals surface area contributed by atoms with Gasteiger partial charge in [-0.3, -0.25) is 0 Å². The zero-order chi connectivity index (χ0) is 13.4. The summed E-state index contributed by atoms with van der Waals surface area (Å²) in [7, 11) is 0. The average molecular weight is 315 g/mol. The molecule has 3 heteroatoms. The summed E-state index contributed by atoms with van der Waals surface area (Å²) in [6, 6.07) is 6.04. The standard InChI is InChI=1S/C15H23BrO2/c1-4-7-12(3)11-18-15-13(10-16)8-6-9-14(15)17-5-2/h6,8-9,12H,4-5,7,10-11H2,1-3H3. The molecule has 0 fully saturated rings. The molecule has 1 aromatic carbocycles. The largest absolute Gasteiger partial charge is 0.490 e. The van der Waals surface area contributed by atoms with Gasteiger partial charge in [-0.25, -0.2) is 0 Å². The predicted octanol–water partition coefficient (Wildman–Crippen LogP) is 4.80. The number of hydrogen-bond acceptors (Lipinski definition) is 2. The van der Waals surface area contributed by atoms with Crippen molar-refractivity contribution >= 4 is 15.9 Å². The maximum atomic E-state index is 5.97. The summed E-state index contributed by atoms with van der Waals surface area (Å²) in [5.74, 6) is 2.31. The highest BCUT2D eigenvalue weighted by molar-refractivity contribution is 9.08. The second kappa shape index (κ2) is 8.41. The third kappa shape index (κ3) is 4.52. The van der Waals surface area contributed by atoms with Crippen LogP contribution in [0.4, 0.5) is 0 Å². The molecule has 1 aromatic rings. The molecule has 2 nitrogen and oxygen atoms in total. The van der Waals surface area contributed by atoms with E-state index in [0.717, 1.165) is 29.0 Å². The van der Waals surface area contributed by atoms with Crippen LogP contribution in [-0.2, 0) is 5.33 Å². The summed E-state index contributed by atoms with van der Waals surface area (Å²) in [5, 5.41) is 0.783. The molecule has 1 atom stereocenters. The molecule has 0 spiro atoms. The summed E-state index contributed by atoms with van der Waals surface area (Å²) in [5.41, 5.74) is 1.14. The Kier molecular flexibility index (Phi) is 7.18. The maximum absolute atomic E-state index is 5.97. The highest BCUT2D eigenvalue weighted by atomic mass is 79.9. The first-order valence-electron chi connectivity index (χ1n) is 6.66. The average Bonchev–Trinajstić information content (AvgIpc) is 2.37. The zero-order valence-corrected chi connectivity index (χ0v) is 13.1. The van der Waals surface area contributed by atoms with Crippen LogP contribution < -0.4 is 9.47 Å². The van der Waals surface area contributed by atoms with Crippen molar-refractivity contribution in [3.8, 4) is 11.5 Å². The molecular formula is C15H23BrO2. The monoisotopic (exact) mass is 314 g/mol. The quantitative estimate of drug-likeness (QED) is 0.642. The second-order valence-electron chi connectivity index (χ2n) is 4.52. The SMILES string of the molecule is CCCC(C)COc1c(CBr)cccc1OCC. The van der Waals surface area contributed by atoms with Gasteiger partial charge in [-0.1, -0.05) is 48.3 Å². The molecule has 0 N–H and O–H groups in total. The fraction of sp³-hybridized carbons (Fsp3) is 0.600. The van der Waals surface area contributed by atoms with E-state index in [2.05, 4.69) is 35.8 Å².